The number of amides is 1. The number of aromatic nitrogens is 1. The van der Waals surface area contributed by atoms with Gasteiger partial charge in [-0.25, -0.2) is 9.37 Å². The monoisotopic (exact) mass is 555 g/mol. The van der Waals surface area contributed by atoms with E-state index in [2.05, 4.69) is 10.3 Å². The Bertz CT molecular complexity index is 1470. The van der Waals surface area contributed by atoms with Crippen molar-refractivity contribution in [1.29, 1.82) is 0 Å². The summed E-state index contributed by atoms with van der Waals surface area (Å²) in [5, 5.41) is 3.76. The van der Waals surface area contributed by atoms with Crippen molar-refractivity contribution < 1.29 is 18.3 Å². The Kier molecular flexibility index (Phi) is 7.93. The molecule has 2 heterocycles. The van der Waals surface area contributed by atoms with E-state index in [9.17, 15) is 13.6 Å². The van der Waals surface area contributed by atoms with Crippen LogP contribution in [-0.4, -0.2) is 42.0 Å². The number of benzene rings is 2. The van der Waals surface area contributed by atoms with Crippen LogP contribution in [0.3, 0.4) is 0 Å². The molecule has 1 fully saturated rings. The molecular weight excluding hydrogens is 528 g/mol. The smallest absolute Gasteiger partial charge is 0.266 e. The number of halogens is 3. The van der Waals surface area contributed by atoms with Crippen molar-refractivity contribution in [2.45, 2.75) is 44.3 Å². The van der Waals surface area contributed by atoms with Gasteiger partial charge in [0.25, 0.3) is 5.91 Å². The van der Waals surface area contributed by atoms with Gasteiger partial charge in [-0.1, -0.05) is 23.7 Å². The summed E-state index contributed by atoms with van der Waals surface area (Å²) in [5.74, 6) is -0.614. The minimum Gasteiger partial charge on any atom is -0.496 e. The highest BCUT2D eigenvalue weighted by Crippen LogP contribution is 2.39. The fourth-order valence-electron chi connectivity index (χ4n) is 5.23. The fraction of sp³-hybridized carbons (Fsp3) is 0.310. The molecule has 9 heteroatoms. The van der Waals surface area contributed by atoms with Crippen LogP contribution in [0.2, 0.25) is 5.02 Å². The van der Waals surface area contributed by atoms with Gasteiger partial charge in [0.15, 0.2) is 0 Å². The van der Waals surface area contributed by atoms with Gasteiger partial charge in [-0.15, -0.1) is 11.3 Å². The second-order valence-corrected chi connectivity index (χ2v) is 10.9. The van der Waals surface area contributed by atoms with Crippen molar-refractivity contribution in [3.05, 3.63) is 82.0 Å². The second-order valence-electron chi connectivity index (χ2n) is 9.48. The predicted octanol–water partition coefficient (Wildman–Crippen LogP) is 7.08. The number of nitrogens with zero attached hydrogens (tertiary/aromatic N) is 2. The first-order valence-corrected chi connectivity index (χ1v) is 13.7. The van der Waals surface area contributed by atoms with Crippen LogP contribution in [0.25, 0.3) is 21.2 Å². The third-order valence-electron chi connectivity index (χ3n) is 7.29. The number of nitrogens with one attached hydrogen (secondary N) is 1. The van der Waals surface area contributed by atoms with E-state index in [1.165, 1.54) is 29.7 Å². The number of pyridine rings is 1. The summed E-state index contributed by atoms with van der Waals surface area (Å²) in [6.45, 7) is 0.269. The minimum absolute atomic E-state index is 0.0232. The third-order valence-corrected chi connectivity index (χ3v) is 8.92. The highest BCUT2D eigenvalue weighted by Gasteiger charge is 2.32. The van der Waals surface area contributed by atoms with Gasteiger partial charge in [0.2, 0.25) is 5.95 Å². The van der Waals surface area contributed by atoms with E-state index in [4.69, 9.17) is 16.3 Å². The summed E-state index contributed by atoms with van der Waals surface area (Å²) < 4.78 is 34.7. The summed E-state index contributed by atoms with van der Waals surface area (Å²) in [4.78, 5) is 19.9. The Morgan fingerprint density at radius 1 is 1.13 bits per heavy atom. The molecule has 0 saturated heterocycles. The van der Waals surface area contributed by atoms with Gasteiger partial charge < -0.3 is 15.0 Å². The van der Waals surface area contributed by atoms with E-state index >= 15 is 0 Å². The Labute approximate surface area is 229 Å². The molecule has 0 atom stereocenters. The van der Waals surface area contributed by atoms with E-state index in [0.717, 1.165) is 36.8 Å². The molecule has 38 heavy (non-hydrogen) atoms. The zero-order valence-electron chi connectivity index (χ0n) is 21.1. The number of fused-ring (bicyclic) bond motifs is 1. The average molecular weight is 556 g/mol. The molecule has 1 saturated carbocycles. The first-order chi connectivity index (χ1) is 18.4. The predicted molar refractivity (Wildman–Crippen MR) is 148 cm³/mol. The molecule has 0 aliphatic heterocycles. The molecule has 0 radical (unpaired) electrons. The van der Waals surface area contributed by atoms with Gasteiger partial charge in [0.05, 0.1) is 12.1 Å². The van der Waals surface area contributed by atoms with Gasteiger partial charge in [0.1, 0.15) is 16.4 Å². The normalized spacial score (nSPS) is 17.5. The maximum absolute atomic E-state index is 14.6. The first-order valence-electron chi connectivity index (χ1n) is 12.5. The molecular formula is C29H28ClF2N3O2S. The Morgan fingerprint density at radius 3 is 2.58 bits per heavy atom. The van der Waals surface area contributed by atoms with Crippen LogP contribution in [-0.2, 0) is 6.54 Å². The molecule has 1 amide bonds. The van der Waals surface area contributed by atoms with Crippen LogP contribution >= 0.6 is 22.9 Å². The number of rotatable bonds is 7. The number of ether oxygens (including phenoxy) is 1. The molecule has 0 bridgehead atoms. The number of thiophene rings is 1. The van der Waals surface area contributed by atoms with Crippen LogP contribution in [0, 0.1) is 11.8 Å². The van der Waals surface area contributed by atoms with E-state index < -0.39 is 11.8 Å². The maximum Gasteiger partial charge on any atom is 0.266 e. The summed E-state index contributed by atoms with van der Waals surface area (Å²) in [6, 6.07) is 13.8. The van der Waals surface area contributed by atoms with Crippen LogP contribution in [0.4, 0.5) is 8.78 Å². The Morgan fingerprint density at radius 2 is 1.89 bits per heavy atom. The molecule has 198 valence electrons. The first kappa shape index (κ1) is 26.5. The van der Waals surface area contributed by atoms with Gasteiger partial charge in [0, 0.05) is 46.5 Å². The van der Waals surface area contributed by atoms with Crippen LogP contribution < -0.4 is 10.1 Å². The van der Waals surface area contributed by atoms with Gasteiger partial charge >= 0.3 is 0 Å². The topological polar surface area (TPSA) is 54.5 Å². The molecule has 5 nitrogen and oxygen atoms in total. The minimum atomic E-state index is -0.565. The van der Waals surface area contributed by atoms with Crippen molar-refractivity contribution in [1.82, 2.24) is 15.2 Å². The SMILES string of the molecule is CNC1CCC(N(Cc2cc(-c3ccnc(F)c3)ccc2OC)C(=O)c2sc3cccc(F)c3c2Cl)CC1. The lowest BCUT2D eigenvalue weighted by molar-refractivity contribution is 0.0604. The third kappa shape index (κ3) is 5.25. The lowest BCUT2D eigenvalue weighted by atomic mass is 9.89. The lowest BCUT2D eigenvalue weighted by Gasteiger charge is -2.37. The summed E-state index contributed by atoms with van der Waals surface area (Å²) in [7, 11) is 3.54. The number of hydrogen-bond acceptors (Lipinski definition) is 5. The van der Waals surface area contributed by atoms with Crippen LogP contribution in [0.5, 0.6) is 5.75 Å². The zero-order valence-corrected chi connectivity index (χ0v) is 22.7. The average Bonchev–Trinajstić information content (AvgIpc) is 3.28. The molecule has 1 aliphatic carbocycles. The molecule has 2 aromatic carbocycles. The largest absolute Gasteiger partial charge is 0.496 e. The van der Waals surface area contributed by atoms with Gasteiger partial charge in [-0.2, -0.15) is 4.39 Å². The van der Waals surface area contributed by atoms with Crippen molar-refractivity contribution in [2.75, 3.05) is 14.2 Å². The molecule has 2 aromatic heterocycles. The Balaban J connectivity index is 1.55. The summed E-state index contributed by atoms with van der Waals surface area (Å²) >= 11 is 7.82. The lowest BCUT2D eigenvalue weighted by Crippen LogP contribution is -2.44. The van der Waals surface area contributed by atoms with Crippen molar-refractivity contribution in [3.63, 3.8) is 0 Å². The van der Waals surface area contributed by atoms with E-state index in [-0.39, 0.29) is 28.9 Å². The van der Waals surface area contributed by atoms with E-state index in [1.54, 1.807) is 25.3 Å². The van der Waals surface area contributed by atoms with Crippen molar-refractivity contribution >= 4 is 38.9 Å². The van der Waals surface area contributed by atoms with E-state index in [1.807, 2.05) is 30.1 Å². The standard InChI is InChI=1S/C29H28ClF2N3O2S/c1-33-20-7-9-21(10-8-20)35(29(36)28-27(30)26-22(31)4-3-5-24(26)38-28)16-19-14-17(6-11-23(19)37-2)18-12-13-34-25(32)15-18/h3-6,11-15,20-21,33H,7-10,16H2,1-2H3. The number of hydrogen-bond donors (Lipinski definition) is 1. The number of methoxy groups -OCH3 is 1. The molecule has 4 aromatic rings. The van der Waals surface area contributed by atoms with Crippen molar-refractivity contribution in [2.24, 2.45) is 0 Å². The van der Waals surface area contributed by atoms with Crippen LogP contribution in [0.15, 0.2) is 54.7 Å². The van der Waals surface area contributed by atoms with Crippen molar-refractivity contribution in [3.8, 4) is 16.9 Å². The number of carbonyl (C=O) groups excluding carboxylic acids is 1. The molecule has 0 unspecified atom stereocenters. The van der Waals surface area contributed by atoms with Gasteiger partial charge in [-0.3, -0.25) is 4.79 Å². The molecule has 1 aliphatic rings. The highest BCUT2D eigenvalue weighted by molar-refractivity contribution is 7.21. The maximum atomic E-state index is 14.6. The molecule has 0 spiro atoms. The summed E-state index contributed by atoms with van der Waals surface area (Å²) in [5.41, 5.74) is 2.25. The Hall–Kier alpha value is -3.07. The summed E-state index contributed by atoms with van der Waals surface area (Å²) in [6.07, 6.45) is 4.95. The van der Waals surface area contributed by atoms with Gasteiger partial charge in [-0.05, 0) is 74.2 Å². The number of carbonyl (C=O) groups is 1. The molecule has 5 rings (SSSR count). The highest BCUT2D eigenvalue weighted by atomic mass is 35.5. The molecule has 1 N–H and O–H groups in total. The zero-order chi connectivity index (χ0) is 26.8. The quantitative estimate of drug-likeness (QED) is 0.248. The van der Waals surface area contributed by atoms with Crippen LogP contribution in [0.1, 0.15) is 40.9 Å². The van der Waals surface area contributed by atoms with E-state index in [0.29, 0.717) is 26.9 Å². The fourth-order valence-corrected chi connectivity index (χ4v) is 6.74. The second kappa shape index (κ2) is 11.4.